The topological polar surface area (TPSA) is 66.9 Å². The lowest BCUT2D eigenvalue weighted by Gasteiger charge is -2.34. The molecular weight excluding hydrogens is 332 g/mol. The quantitative estimate of drug-likeness (QED) is 0.610. The van der Waals surface area contributed by atoms with Crippen molar-refractivity contribution >= 4 is 23.5 Å². The van der Waals surface area contributed by atoms with Crippen molar-refractivity contribution in [3.8, 4) is 0 Å². The molecule has 0 aliphatic carbocycles. The molecule has 140 valence electrons. The van der Waals surface area contributed by atoms with Crippen LogP contribution in [0.2, 0.25) is 0 Å². The summed E-state index contributed by atoms with van der Waals surface area (Å²) < 4.78 is 5.13. The molecule has 2 heterocycles. The summed E-state index contributed by atoms with van der Waals surface area (Å²) in [6.45, 7) is 7.25. The standard InChI is InChI=1S/C20H26N2O4/c1-4-26-20(25)15-6-5-7-21(12-15)17-11-18(23)22(19(17)24)16-9-13(2)8-14(3)10-16/h8-10,15,17H,4-7,11-12H2,1-3H3. The van der Waals surface area contributed by atoms with E-state index in [2.05, 4.69) is 0 Å². The molecule has 0 aromatic heterocycles. The Morgan fingerprint density at radius 2 is 1.88 bits per heavy atom. The van der Waals surface area contributed by atoms with Crippen molar-refractivity contribution in [2.24, 2.45) is 5.92 Å². The smallest absolute Gasteiger partial charge is 0.310 e. The third-order valence-electron chi connectivity index (χ3n) is 5.10. The lowest BCUT2D eigenvalue weighted by atomic mass is 9.96. The number of imide groups is 1. The number of carbonyl (C=O) groups is 3. The highest BCUT2D eigenvalue weighted by Gasteiger charge is 2.44. The zero-order valence-corrected chi connectivity index (χ0v) is 15.7. The van der Waals surface area contributed by atoms with Gasteiger partial charge in [0.15, 0.2) is 0 Å². The number of hydrogen-bond acceptors (Lipinski definition) is 5. The van der Waals surface area contributed by atoms with Crippen LogP contribution < -0.4 is 4.90 Å². The van der Waals surface area contributed by atoms with Crippen LogP contribution in [0.5, 0.6) is 0 Å². The maximum atomic E-state index is 13.0. The Hall–Kier alpha value is -2.21. The van der Waals surface area contributed by atoms with Gasteiger partial charge in [-0.1, -0.05) is 6.07 Å². The summed E-state index contributed by atoms with van der Waals surface area (Å²) in [5, 5.41) is 0. The number of benzene rings is 1. The molecule has 0 radical (unpaired) electrons. The molecule has 2 aliphatic heterocycles. The predicted octanol–water partition coefficient (Wildman–Crippen LogP) is 2.21. The van der Waals surface area contributed by atoms with Crippen molar-refractivity contribution in [1.29, 1.82) is 0 Å². The van der Waals surface area contributed by atoms with Crippen LogP contribution in [0.15, 0.2) is 18.2 Å². The first kappa shape index (κ1) is 18.6. The van der Waals surface area contributed by atoms with Crippen molar-refractivity contribution < 1.29 is 19.1 Å². The van der Waals surface area contributed by atoms with Crippen LogP contribution in [0.3, 0.4) is 0 Å². The first-order valence-corrected chi connectivity index (χ1v) is 9.26. The first-order valence-electron chi connectivity index (χ1n) is 9.26. The van der Waals surface area contributed by atoms with E-state index in [1.165, 1.54) is 4.90 Å². The molecule has 0 saturated carbocycles. The van der Waals surface area contributed by atoms with Crippen LogP contribution in [0, 0.1) is 19.8 Å². The van der Waals surface area contributed by atoms with E-state index in [0.717, 1.165) is 30.5 Å². The van der Waals surface area contributed by atoms with Crippen LogP contribution in [0.25, 0.3) is 0 Å². The summed E-state index contributed by atoms with van der Waals surface area (Å²) >= 11 is 0. The number of carbonyl (C=O) groups excluding carboxylic acids is 3. The number of ether oxygens (including phenoxy) is 1. The van der Waals surface area contributed by atoms with Gasteiger partial charge in [-0.15, -0.1) is 0 Å². The highest BCUT2D eigenvalue weighted by Crippen LogP contribution is 2.30. The van der Waals surface area contributed by atoms with Gasteiger partial charge < -0.3 is 4.74 Å². The van der Waals surface area contributed by atoms with E-state index < -0.39 is 6.04 Å². The Bertz CT molecular complexity index is 710. The monoisotopic (exact) mass is 358 g/mol. The Balaban J connectivity index is 1.77. The van der Waals surface area contributed by atoms with Gasteiger partial charge in [0.25, 0.3) is 5.91 Å². The normalized spacial score (nSPS) is 24.2. The van der Waals surface area contributed by atoms with E-state index >= 15 is 0 Å². The lowest BCUT2D eigenvalue weighted by molar-refractivity contribution is -0.150. The van der Waals surface area contributed by atoms with E-state index in [4.69, 9.17) is 4.74 Å². The maximum absolute atomic E-state index is 13.0. The maximum Gasteiger partial charge on any atom is 0.310 e. The van der Waals surface area contributed by atoms with Crippen LogP contribution >= 0.6 is 0 Å². The van der Waals surface area contributed by atoms with Crippen molar-refractivity contribution in [3.63, 3.8) is 0 Å². The number of esters is 1. The van der Waals surface area contributed by atoms with Crippen molar-refractivity contribution in [3.05, 3.63) is 29.3 Å². The second-order valence-corrected chi connectivity index (χ2v) is 7.22. The number of amides is 2. The molecule has 0 bridgehead atoms. The second kappa shape index (κ2) is 7.58. The molecule has 2 atom stereocenters. The first-order chi connectivity index (χ1) is 12.4. The number of likely N-dealkylation sites (tertiary alicyclic amines) is 1. The average molecular weight is 358 g/mol. The number of aryl methyl sites for hydroxylation is 2. The summed E-state index contributed by atoms with van der Waals surface area (Å²) in [6.07, 6.45) is 1.76. The molecular formula is C20H26N2O4. The molecule has 1 aromatic rings. The Kier molecular flexibility index (Phi) is 5.41. The molecule has 0 spiro atoms. The fourth-order valence-corrected chi connectivity index (χ4v) is 3.99. The number of piperidine rings is 1. The van der Waals surface area contributed by atoms with Crippen LogP contribution in [0.4, 0.5) is 5.69 Å². The van der Waals surface area contributed by atoms with Crippen molar-refractivity contribution in [2.45, 2.75) is 46.1 Å². The van der Waals surface area contributed by atoms with E-state index in [1.807, 2.05) is 36.9 Å². The summed E-state index contributed by atoms with van der Waals surface area (Å²) in [6, 6.07) is 5.26. The highest BCUT2D eigenvalue weighted by atomic mass is 16.5. The molecule has 6 nitrogen and oxygen atoms in total. The number of rotatable bonds is 4. The zero-order chi connectivity index (χ0) is 18.8. The minimum Gasteiger partial charge on any atom is -0.466 e. The second-order valence-electron chi connectivity index (χ2n) is 7.22. The van der Waals surface area contributed by atoms with Gasteiger partial charge in [0, 0.05) is 6.54 Å². The Morgan fingerprint density at radius 3 is 2.54 bits per heavy atom. The molecule has 2 unspecified atom stereocenters. The molecule has 2 aliphatic rings. The molecule has 6 heteroatoms. The van der Waals surface area contributed by atoms with E-state index in [0.29, 0.717) is 18.8 Å². The van der Waals surface area contributed by atoms with Gasteiger partial charge in [0.2, 0.25) is 5.91 Å². The van der Waals surface area contributed by atoms with Gasteiger partial charge in [-0.25, -0.2) is 4.90 Å². The zero-order valence-electron chi connectivity index (χ0n) is 15.7. The lowest BCUT2D eigenvalue weighted by Crippen LogP contribution is -2.48. The minimum atomic E-state index is -0.486. The van der Waals surface area contributed by atoms with Crippen LogP contribution in [-0.4, -0.2) is 48.4 Å². The van der Waals surface area contributed by atoms with Gasteiger partial charge in [-0.2, -0.15) is 0 Å². The van der Waals surface area contributed by atoms with E-state index in [9.17, 15) is 14.4 Å². The number of nitrogens with zero attached hydrogens (tertiary/aromatic N) is 2. The third kappa shape index (κ3) is 3.65. The van der Waals surface area contributed by atoms with Gasteiger partial charge in [0.05, 0.1) is 30.7 Å². The predicted molar refractivity (Wildman–Crippen MR) is 97.7 cm³/mol. The van der Waals surface area contributed by atoms with Gasteiger partial charge >= 0.3 is 5.97 Å². The third-order valence-corrected chi connectivity index (χ3v) is 5.10. The van der Waals surface area contributed by atoms with Gasteiger partial charge in [-0.3, -0.25) is 19.3 Å². The van der Waals surface area contributed by atoms with Crippen molar-refractivity contribution in [2.75, 3.05) is 24.6 Å². The fraction of sp³-hybridized carbons (Fsp3) is 0.550. The summed E-state index contributed by atoms with van der Waals surface area (Å²) in [5.74, 6) is -0.797. The van der Waals surface area contributed by atoms with Crippen molar-refractivity contribution in [1.82, 2.24) is 4.90 Å². The fourth-order valence-electron chi connectivity index (χ4n) is 3.99. The summed E-state index contributed by atoms with van der Waals surface area (Å²) in [5.41, 5.74) is 2.67. The SMILES string of the molecule is CCOC(=O)C1CCCN(C2CC(=O)N(c3cc(C)cc(C)c3)C2=O)C1. The molecule has 1 aromatic carbocycles. The van der Waals surface area contributed by atoms with Crippen LogP contribution in [0.1, 0.15) is 37.3 Å². The average Bonchev–Trinajstić information content (AvgIpc) is 2.89. The molecule has 26 heavy (non-hydrogen) atoms. The largest absolute Gasteiger partial charge is 0.466 e. The summed E-state index contributed by atoms with van der Waals surface area (Å²) in [7, 11) is 0. The molecule has 0 N–H and O–H groups in total. The Morgan fingerprint density at radius 1 is 1.19 bits per heavy atom. The highest BCUT2D eigenvalue weighted by molar-refractivity contribution is 6.22. The summed E-state index contributed by atoms with van der Waals surface area (Å²) in [4.78, 5) is 40.9. The number of anilines is 1. The molecule has 3 rings (SSSR count). The van der Waals surface area contributed by atoms with E-state index in [1.54, 1.807) is 6.92 Å². The van der Waals surface area contributed by atoms with Crippen LogP contribution in [-0.2, 0) is 19.1 Å². The molecule has 2 amide bonds. The molecule has 2 fully saturated rings. The minimum absolute atomic E-state index is 0.168. The number of hydrogen-bond donors (Lipinski definition) is 0. The Labute approximate surface area is 154 Å². The molecule has 2 saturated heterocycles. The van der Waals surface area contributed by atoms with E-state index in [-0.39, 0.29) is 30.1 Å². The van der Waals surface area contributed by atoms with Gasteiger partial charge in [0.1, 0.15) is 0 Å². The van der Waals surface area contributed by atoms with Gasteiger partial charge in [-0.05, 0) is 63.4 Å².